The zero-order valence-electron chi connectivity index (χ0n) is 12.5. The Morgan fingerprint density at radius 1 is 1.28 bits per heavy atom. The second-order valence-corrected chi connectivity index (χ2v) is 5.77. The maximum absolute atomic E-state index is 12.5. The van der Waals surface area contributed by atoms with Crippen molar-refractivity contribution in [3.05, 3.63) is 0 Å². The molecule has 1 unspecified atom stereocenters. The van der Waals surface area contributed by atoms with Crippen LogP contribution in [0, 0.1) is 5.92 Å². The Kier molecular flexibility index (Phi) is 6.47. The van der Waals surface area contributed by atoms with Gasteiger partial charge in [0.1, 0.15) is 0 Å². The number of amides is 2. The van der Waals surface area contributed by atoms with Crippen molar-refractivity contribution >= 4 is 6.03 Å². The van der Waals surface area contributed by atoms with E-state index in [2.05, 4.69) is 32.8 Å². The number of urea groups is 1. The van der Waals surface area contributed by atoms with E-state index in [1.165, 1.54) is 6.42 Å². The van der Waals surface area contributed by atoms with Gasteiger partial charge in [0.15, 0.2) is 0 Å². The van der Waals surface area contributed by atoms with Gasteiger partial charge >= 0.3 is 6.03 Å². The van der Waals surface area contributed by atoms with Gasteiger partial charge in [-0.3, -0.25) is 0 Å². The van der Waals surface area contributed by atoms with Crippen molar-refractivity contribution in [3.8, 4) is 0 Å². The highest BCUT2D eigenvalue weighted by molar-refractivity contribution is 5.74. The second kappa shape index (κ2) is 7.62. The molecule has 1 saturated heterocycles. The molecule has 1 aliphatic heterocycles. The molecule has 0 aliphatic carbocycles. The smallest absolute Gasteiger partial charge is 0.320 e. The van der Waals surface area contributed by atoms with Gasteiger partial charge in [-0.1, -0.05) is 13.8 Å². The van der Waals surface area contributed by atoms with E-state index in [0.717, 1.165) is 45.6 Å². The van der Waals surface area contributed by atoms with Crippen LogP contribution in [0.3, 0.4) is 0 Å². The van der Waals surface area contributed by atoms with E-state index in [1.54, 1.807) is 0 Å². The predicted molar refractivity (Wildman–Crippen MR) is 75.8 cm³/mol. The van der Waals surface area contributed by atoms with Gasteiger partial charge < -0.3 is 14.7 Å². The van der Waals surface area contributed by atoms with Crippen LogP contribution in [0.2, 0.25) is 0 Å². The van der Waals surface area contributed by atoms with Gasteiger partial charge in [-0.15, -0.1) is 0 Å². The molecule has 1 rings (SSSR count). The van der Waals surface area contributed by atoms with E-state index in [9.17, 15) is 4.79 Å². The van der Waals surface area contributed by atoms with E-state index >= 15 is 0 Å². The Morgan fingerprint density at radius 3 is 2.56 bits per heavy atom. The largest absolute Gasteiger partial charge is 0.324 e. The summed E-state index contributed by atoms with van der Waals surface area (Å²) < 4.78 is 0. The first kappa shape index (κ1) is 15.3. The number of carbonyl (C=O) groups excluding carboxylic acids is 1. The van der Waals surface area contributed by atoms with Crippen LogP contribution in [-0.2, 0) is 0 Å². The highest BCUT2D eigenvalue weighted by Crippen LogP contribution is 2.17. The standard InChI is InChI=1S/C14H29N3O/c1-5-8-16(11-10-15(3)4)14(18)17-9-6-7-13(2)12-17/h13H,5-12H2,1-4H3. The van der Waals surface area contributed by atoms with Crippen molar-refractivity contribution < 1.29 is 4.79 Å². The number of likely N-dealkylation sites (tertiary alicyclic amines) is 1. The summed E-state index contributed by atoms with van der Waals surface area (Å²) in [5, 5.41) is 0. The normalized spacial score (nSPS) is 20.3. The van der Waals surface area contributed by atoms with Crippen LogP contribution in [0.15, 0.2) is 0 Å². The Balaban J connectivity index is 2.51. The Hall–Kier alpha value is -0.770. The number of hydrogen-bond donors (Lipinski definition) is 0. The fraction of sp³-hybridized carbons (Fsp3) is 0.929. The molecule has 0 bridgehead atoms. The van der Waals surface area contributed by atoms with Crippen molar-refractivity contribution in [2.24, 2.45) is 5.92 Å². The third kappa shape index (κ3) is 4.84. The SMILES string of the molecule is CCCN(CCN(C)C)C(=O)N1CCCC(C)C1. The van der Waals surface area contributed by atoms with Crippen LogP contribution >= 0.6 is 0 Å². The minimum absolute atomic E-state index is 0.241. The minimum Gasteiger partial charge on any atom is -0.324 e. The van der Waals surface area contributed by atoms with Crippen LogP contribution in [0.25, 0.3) is 0 Å². The number of piperidine rings is 1. The van der Waals surface area contributed by atoms with Crippen molar-refractivity contribution in [3.63, 3.8) is 0 Å². The van der Waals surface area contributed by atoms with Crippen LogP contribution in [0.4, 0.5) is 4.79 Å². The van der Waals surface area contributed by atoms with E-state index in [1.807, 2.05) is 9.80 Å². The molecule has 18 heavy (non-hydrogen) atoms. The molecule has 106 valence electrons. The zero-order chi connectivity index (χ0) is 13.5. The first-order valence-corrected chi connectivity index (χ1v) is 7.23. The fourth-order valence-electron chi connectivity index (χ4n) is 2.46. The molecule has 0 radical (unpaired) electrons. The summed E-state index contributed by atoms with van der Waals surface area (Å²) in [5.41, 5.74) is 0. The highest BCUT2D eigenvalue weighted by atomic mass is 16.2. The lowest BCUT2D eigenvalue weighted by Gasteiger charge is -2.35. The van der Waals surface area contributed by atoms with E-state index < -0.39 is 0 Å². The molecular weight excluding hydrogens is 226 g/mol. The molecule has 4 heteroatoms. The lowest BCUT2D eigenvalue weighted by Crippen LogP contribution is -2.49. The summed E-state index contributed by atoms with van der Waals surface area (Å²) in [6.45, 7) is 8.89. The van der Waals surface area contributed by atoms with Gasteiger partial charge in [0.05, 0.1) is 0 Å². The minimum atomic E-state index is 0.241. The third-order valence-corrected chi connectivity index (χ3v) is 3.51. The molecule has 0 N–H and O–H groups in total. The van der Waals surface area contributed by atoms with E-state index in [-0.39, 0.29) is 6.03 Å². The van der Waals surface area contributed by atoms with Crippen LogP contribution < -0.4 is 0 Å². The Labute approximate surface area is 112 Å². The molecule has 1 fully saturated rings. The molecule has 0 spiro atoms. The van der Waals surface area contributed by atoms with Gasteiger partial charge in [-0.05, 0) is 39.3 Å². The molecule has 2 amide bonds. The fourth-order valence-corrected chi connectivity index (χ4v) is 2.46. The van der Waals surface area contributed by atoms with Gasteiger partial charge in [0, 0.05) is 32.7 Å². The first-order valence-electron chi connectivity index (χ1n) is 7.23. The lowest BCUT2D eigenvalue weighted by molar-refractivity contribution is 0.128. The molecular formula is C14H29N3O. The van der Waals surface area contributed by atoms with Crippen molar-refractivity contribution in [2.75, 3.05) is 46.8 Å². The number of hydrogen-bond acceptors (Lipinski definition) is 2. The molecule has 4 nitrogen and oxygen atoms in total. The molecule has 0 aromatic heterocycles. The summed E-state index contributed by atoms with van der Waals surface area (Å²) in [4.78, 5) is 18.7. The van der Waals surface area contributed by atoms with Crippen LogP contribution in [0.1, 0.15) is 33.1 Å². The number of likely N-dealkylation sites (N-methyl/N-ethyl adjacent to an activating group) is 1. The molecule has 0 aromatic carbocycles. The Bertz CT molecular complexity index is 255. The number of rotatable bonds is 5. The summed E-state index contributed by atoms with van der Waals surface area (Å²) in [5.74, 6) is 0.653. The van der Waals surface area contributed by atoms with Crippen LogP contribution in [-0.4, -0.2) is 67.5 Å². The molecule has 0 aromatic rings. The molecule has 1 atom stereocenters. The molecule has 1 aliphatic rings. The van der Waals surface area contributed by atoms with E-state index in [4.69, 9.17) is 0 Å². The number of nitrogens with zero attached hydrogens (tertiary/aromatic N) is 3. The van der Waals surface area contributed by atoms with Gasteiger partial charge in [0.2, 0.25) is 0 Å². The average molecular weight is 255 g/mol. The van der Waals surface area contributed by atoms with Crippen molar-refractivity contribution in [1.29, 1.82) is 0 Å². The molecule has 0 saturated carbocycles. The maximum atomic E-state index is 12.5. The lowest BCUT2D eigenvalue weighted by atomic mass is 10.0. The summed E-state index contributed by atoms with van der Waals surface area (Å²) in [7, 11) is 4.11. The molecule has 1 heterocycles. The predicted octanol–water partition coefficient (Wildman–Crippen LogP) is 2.11. The van der Waals surface area contributed by atoms with E-state index in [0.29, 0.717) is 5.92 Å². The first-order chi connectivity index (χ1) is 8.54. The Morgan fingerprint density at radius 2 is 2.00 bits per heavy atom. The average Bonchev–Trinajstić information content (AvgIpc) is 2.33. The summed E-state index contributed by atoms with van der Waals surface area (Å²) in [6.07, 6.45) is 3.44. The van der Waals surface area contributed by atoms with Gasteiger partial charge in [0.25, 0.3) is 0 Å². The summed E-state index contributed by atoms with van der Waals surface area (Å²) in [6, 6.07) is 0.241. The number of carbonyl (C=O) groups is 1. The zero-order valence-corrected chi connectivity index (χ0v) is 12.5. The van der Waals surface area contributed by atoms with Crippen molar-refractivity contribution in [2.45, 2.75) is 33.1 Å². The maximum Gasteiger partial charge on any atom is 0.320 e. The topological polar surface area (TPSA) is 26.8 Å². The van der Waals surface area contributed by atoms with Crippen molar-refractivity contribution in [1.82, 2.24) is 14.7 Å². The third-order valence-electron chi connectivity index (χ3n) is 3.51. The monoisotopic (exact) mass is 255 g/mol. The highest BCUT2D eigenvalue weighted by Gasteiger charge is 2.24. The quantitative estimate of drug-likeness (QED) is 0.752. The van der Waals surface area contributed by atoms with Crippen LogP contribution in [0.5, 0.6) is 0 Å². The summed E-state index contributed by atoms with van der Waals surface area (Å²) >= 11 is 0. The second-order valence-electron chi connectivity index (χ2n) is 5.77. The van der Waals surface area contributed by atoms with Gasteiger partial charge in [-0.2, -0.15) is 0 Å². The van der Waals surface area contributed by atoms with Gasteiger partial charge in [-0.25, -0.2) is 4.79 Å².